The van der Waals surface area contributed by atoms with E-state index in [1.807, 2.05) is 24.3 Å². The third-order valence-electron chi connectivity index (χ3n) is 6.36. The molecule has 2 heterocycles. The molecule has 0 atom stereocenters. The number of aromatic carboxylic acids is 1. The summed E-state index contributed by atoms with van der Waals surface area (Å²) in [5.74, 6) is -0.305. The zero-order valence-corrected chi connectivity index (χ0v) is 15.8. The van der Waals surface area contributed by atoms with Crippen LogP contribution in [0.25, 0.3) is 22.2 Å². The molecule has 1 aliphatic heterocycles. The highest BCUT2D eigenvalue weighted by Crippen LogP contribution is 2.45. The average Bonchev–Trinajstić information content (AvgIpc) is 2.93. The lowest BCUT2D eigenvalue weighted by Crippen LogP contribution is -2.10. The quantitative estimate of drug-likeness (QED) is 0.673. The lowest BCUT2D eigenvalue weighted by molar-refractivity contribution is -0.118. The molecule has 1 saturated carbocycles. The molecular weight excluding hydrogens is 350 g/mol. The molecule has 0 saturated heterocycles. The summed E-state index contributed by atoms with van der Waals surface area (Å²) in [5.41, 5.74) is 5.79. The molecule has 4 nitrogen and oxygen atoms in total. The number of carbonyl (C=O) groups excluding carboxylic acids is 1. The van der Waals surface area contributed by atoms with Gasteiger partial charge in [-0.15, -0.1) is 0 Å². The van der Waals surface area contributed by atoms with Gasteiger partial charge in [0.15, 0.2) is 5.78 Å². The van der Waals surface area contributed by atoms with Gasteiger partial charge in [-0.2, -0.15) is 0 Å². The fraction of sp³-hybridized carbons (Fsp3) is 0.333. The van der Waals surface area contributed by atoms with Crippen molar-refractivity contribution in [3.63, 3.8) is 0 Å². The average molecular weight is 373 g/mol. The normalized spacial score (nSPS) is 17.2. The third kappa shape index (κ3) is 2.67. The molecule has 28 heavy (non-hydrogen) atoms. The van der Waals surface area contributed by atoms with E-state index in [-0.39, 0.29) is 11.3 Å². The van der Waals surface area contributed by atoms with E-state index in [4.69, 9.17) is 0 Å². The van der Waals surface area contributed by atoms with Crippen LogP contribution >= 0.6 is 0 Å². The van der Waals surface area contributed by atoms with Crippen LogP contribution in [-0.2, 0) is 17.8 Å². The molecule has 2 aliphatic rings. The number of aromatic nitrogens is 1. The van der Waals surface area contributed by atoms with Crippen LogP contribution in [0, 0.1) is 0 Å². The monoisotopic (exact) mass is 373 g/mol. The molecule has 0 radical (unpaired) electrons. The van der Waals surface area contributed by atoms with E-state index >= 15 is 0 Å². The molecule has 1 fully saturated rings. The Bertz CT molecular complexity index is 1100. The van der Waals surface area contributed by atoms with Crippen LogP contribution in [0.1, 0.15) is 59.5 Å². The maximum atomic E-state index is 12.7. The van der Waals surface area contributed by atoms with Crippen LogP contribution in [-0.4, -0.2) is 21.4 Å². The maximum absolute atomic E-state index is 12.7. The Morgan fingerprint density at radius 1 is 1.04 bits per heavy atom. The lowest BCUT2D eigenvalue weighted by atomic mass is 9.81. The molecule has 0 amide bonds. The number of carboxylic acid groups (broad SMARTS) is 1. The highest BCUT2D eigenvalue weighted by molar-refractivity contribution is 6.00. The smallest absolute Gasteiger partial charge is 0.335 e. The van der Waals surface area contributed by atoms with Gasteiger partial charge in [0, 0.05) is 17.4 Å². The van der Waals surface area contributed by atoms with Crippen molar-refractivity contribution in [1.82, 2.24) is 4.57 Å². The molecule has 1 N–H and O–H groups in total. The summed E-state index contributed by atoms with van der Waals surface area (Å²) in [6.45, 7) is 0.302. The second kappa shape index (κ2) is 6.62. The molecule has 142 valence electrons. The van der Waals surface area contributed by atoms with E-state index < -0.39 is 5.97 Å². The highest BCUT2D eigenvalue weighted by atomic mass is 16.4. The van der Waals surface area contributed by atoms with Crippen molar-refractivity contribution in [2.24, 2.45) is 0 Å². The topological polar surface area (TPSA) is 59.3 Å². The number of fused-ring (bicyclic) bond motifs is 5. The van der Waals surface area contributed by atoms with Gasteiger partial charge in [-0.05, 0) is 42.0 Å². The number of ketones is 1. The van der Waals surface area contributed by atoms with Crippen LogP contribution in [0.4, 0.5) is 0 Å². The number of carboxylic acids is 1. The van der Waals surface area contributed by atoms with Crippen molar-refractivity contribution in [3.05, 3.63) is 59.2 Å². The molecule has 4 heteroatoms. The number of nitrogens with zero attached hydrogens (tertiary/aromatic N) is 1. The van der Waals surface area contributed by atoms with Crippen molar-refractivity contribution in [1.29, 1.82) is 0 Å². The molecule has 0 bridgehead atoms. The fourth-order valence-corrected chi connectivity index (χ4v) is 5.12. The molecule has 0 spiro atoms. The van der Waals surface area contributed by atoms with Gasteiger partial charge in [-0.3, -0.25) is 4.79 Å². The third-order valence-corrected chi connectivity index (χ3v) is 6.36. The second-order valence-electron chi connectivity index (χ2n) is 8.09. The van der Waals surface area contributed by atoms with Crippen molar-refractivity contribution in [2.45, 2.75) is 51.0 Å². The Morgan fingerprint density at radius 3 is 2.61 bits per heavy atom. The SMILES string of the molecule is O=C1Cc2ccccc2-c2c(C3CCCCC3)c3ccc(C(=O)O)cc3n2C1. The Balaban J connectivity index is 1.87. The van der Waals surface area contributed by atoms with E-state index in [1.54, 1.807) is 12.1 Å². The minimum Gasteiger partial charge on any atom is -0.478 e. The van der Waals surface area contributed by atoms with Gasteiger partial charge >= 0.3 is 5.97 Å². The summed E-state index contributed by atoms with van der Waals surface area (Å²) in [6, 6.07) is 13.6. The van der Waals surface area contributed by atoms with Crippen molar-refractivity contribution in [2.75, 3.05) is 0 Å². The van der Waals surface area contributed by atoms with E-state index in [0.717, 1.165) is 40.6 Å². The minimum absolute atomic E-state index is 0.166. The van der Waals surface area contributed by atoms with Crippen molar-refractivity contribution < 1.29 is 14.7 Å². The zero-order chi connectivity index (χ0) is 19.3. The number of rotatable bonds is 2. The number of Topliss-reactive ketones (excluding diaryl/α,β-unsaturated/α-hetero) is 1. The second-order valence-corrected chi connectivity index (χ2v) is 8.09. The predicted molar refractivity (Wildman–Crippen MR) is 109 cm³/mol. The number of carbonyl (C=O) groups is 2. The van der Waals surface area contributed by atoms with Crippen LogP contribution in [0.5, 0.6) is 0 Å². The van der Waals surface area contributed by atoms with Gasteiger partial charge in [0.25, 0.3) is 0 Å². The van der Waals surface area contributed by atoms with Crippen molar-refractivity contribution in [3.8, 4) is 11.3 Å². The Hall–Kier alpha value is -2.88. The first-order valence-electron chi connectivity index (χ1n) is 10.1. The predicted octanol–water partition coefficient (Wildman–Crippen LogP) is 5.18. The summed E-state index contributed by atoms with van der Waals surface area (Å²) in [6.07, 6.45) is 6.48. The lowest BCUT2D eigenvalue weighted by Gasteiger charge is -2.23. The highest BCUT2D eigenvalue weighted by Gasteiger charge is 2.30. The summed E-state index contributed by atoms with van der Waals surface area (Å²) in [7, 11) is 0. The summed E-state index contributed by atoms with van der Waals surface area (Å²) >= 11 is 0. The summed E-state index contributed by atoms with van der Waals surface area (Å²) in [4.78, 5) is 24.3. The van der Waals surface area contributed by atoms with Gasteiger partial charge in [0.2, 0.25) is 0 Å². The first kappa shape index (κ1) is 17.2. The van der Waals surface area contributed by atoms with Gasteiger partial charge < -0.3 is 9.67 Å². The van der Waals surface area contributed by atoms with Gasteiger partial charge in [0.05, 0.1) is 23.3 Å². The first-order valence-corrected chi connectivity index (χ1v) is 10.1. The molecule has 1 aliphatic carbocycles. The number of hydrogen-bond donors (Lipinski definition) is 1. The molecule has 5 rings (SSSR count). The minimum atomic E-state index is -0.933. The number of hydrogen-bond acceptors (Lipinski definition) is 2. The standard InChI is InChI=1S/C24H23NO3/c26-18-12-16-8-4-5-9-19(16)23-22(15-6-2-1-3-7-15)20-11-10-17(24(27)28)13-21(20)25(23)14-18/h4-5,8-11,13,15H,1-3,6-7,12,14H2,(H,27,28). The van der Waals surface area contributed by atoms with E-state index in [0.29, 0.717) is 18.9 Å². The van der Waals surface area contributed by atoms with Crippen molar-refractivity contribution >= 4 is 22.7 Å². The fourth-order valence-electron chi connectivity index (χ4n) is 5.12. The Kier molecular flexibility index (Phi) is 4.08. The Morgan fingerprint density at radius 2 is 1.82 bits per heavy atom. The van der Waals surface area contributed by atoms with Crippen LogP contribution in [0.3, 0.4) is 0 Å². The molecule has 2 aromatic carbocycles. The van der Waals surface area contributed by atoms with E-state index in [1.165, 1.54) is 24.8 Å². The van der Waals surface area contributed by atoms with Crippen LogP contribution in [0.2, 0.25) is 0 Å². The van der Waals surface area contributed by atoms with Gasteiger partial charge in [0.1, 0.15) is 0 Å². The zero-order valence-electron chi connectivity index (χ0n) is 15.8. The molecule has 1 aromatic heterocycles. The molecule has 0 unspecified atom stereocenters. The van der Waals surface area contributed by atoms with Crippen LogP contribution < -0.4 is 0 Å². The Labute approximate surface area is 163 Å². The molecule has 3 aromatic rings. The van der Waals surface area contributed by atoms with Gasteiger partial charge in [-0.1, -0.05) is 49.6 Å². The number of benzene rings is 2. The molecular formula is C24H23NO3. The van der Waals surface area contributed by atoms with E-state index in [9.17, 15) is 14.7 Å². The first-order chi connectivity index (χ1) is 13.6. The maximum Gasteiger partial charge on any atom is 0.335 e. The largest absolute Gasteiger partial charge is 0.478 e. The summed E-state index contributed by atoms with van der Waals surface area (Å²) in [5, 5.41) is 10.6. The summed E-state index contributed by atoms with van der Waals surface area (Å²) < 4.78 is 2.08. The van der Waals surface area contributed by atoms with E-state index in [2.05, 4.69) is 10.6 Å². The van der Waals surface area contributed by atoms with Crippen LogP contribution in [0.15, 0.2) is 42.5 Å². The van der Waals surface area contributed by atoms with Gasteiger partial charge in [-0.25, -0.2) is 4.79 Å².